The Morgan fingerprint density at radius 3 is 2.83 bits per heavy atom. The van der Waals surface area contributed by atoms with Crippen LogP contribution < -0.4 is 10.6 Å². The Bertz CT molecular complexity index is 738. The first-order chi connectivity index (χ1) is 10.8. The molecule has 0 unspecified atom stereocenters. The summed E-state index contributed by atoms with van der Waals surface area (Å²) in [7, 11) is 0. The van der Waals surface area contributed by atoms with Crippen molar-refractivity contribution in [3.8, 4) is 12.3 Å². The number of oxazole rings is 1. The molecular weight excluding hydrogens is 294 g/mol. The number of nitrogens with zero attached hydrogens (tertiary/aromatic N) is 1. The number of hydrogen-bond donors (Lipinski definition) is 3. The predicted octanol–water partition coefficient (Wildman–Crippen LogP) is 2.63. The van der Waals surface area contributed by atoms with Gasteiger partial charge in [0.1, 0.15) is 5.52 Å². The smallest absolute Gasteiger partial charge is 0.319 e. The van der Waals surface area contributed by atoms with E-state index in [0.717, 1.165) is 0 Å². The van der Waals surface area contributed by atoms with Crippen LogP contribution in [0, 0.1) is 12.3 Å². The fraction of sp³-hybridized carbons (Fsp3) is 0.412. The molecule has 0 aliphatic heterocycles. The zero-order chi connectivity index (χ0) is 17.0. The molecule has 6 heteroatoms. The largest absolute Gasteiger partial charge is 0.440 e. The van der Waals surface area contributed by atoms with Gasteiger partial charge in [0.2, 0.25) is 5.89 Å². The summed E-state index contributed by atoms with van der Waals surface area (Å²) in [4.78, 5) is 16.4. The van der Waals surface area contributed by atoms with E-state index < -0.39 is 12.1 Å². The molecule has 0 fully saturated rings. The minimum Gasteiger partial charge on any atom is -0.440 e. The summed E-state index contributed by atoms with van der Waals surface area (Å²) in [5, 5.41) is 14.4. The van der Waals surface area contributed by atoms with E-state index in [2.05, 4.69) is 21.5 Å². The summed E-state index contributed by atoms with van der Waals surface area (Å²) < 4.78 is 5.71. The van der Waals surface area contributed by atoms with E-state index in [0.29, 0.717) is 22.7 Å². The van der Waals surface area contributed by atoms with Crippen LogP contribution in [0.2, 0.25) is 0 Å². The van der Waals surface area contributed by atoms with Crippen LogP contribution in [0.3, 0.4) is 0 Å². The highest BCUT2D eigenvalue weighted by Crippen LogP contribution is 2.27. The minimum atomic E-state index is -0.469. The quantitative estimate of drug-likeness (QED) is 0.757. The molecule has 1 aromatic carbocycles. The van der Waals surface area contributed by atoms with Crippen LogP contribution >= 0.6 is 0 Å². The van der Waals surface area contributed by atoms with Crippen LogP contribution in [0.25, 0.3) is 11.1 Å². The average molecular weight is 315 g/mol. The molecule has 0 bridgehead atoms. The number of urea groups is 1. The molecule has 2 aromatic rings. The maximum Gasteiger partial charge on any atom is 0.319 e. The molecule has 1 atom stereocenters. The number of hydrogen-bond acceptors (Lipinski definition) is 4. The summed E-state index contributed by atoms with van der Waals surface area (Å²) in [5.74, 6) is 3.05. The second-order valence-electron chi connectivity index (χ2n) is 6.34. The molecule has 2 rings (SSSR count). The van der Waals surface area contributed by atoms with Gasteiger partial charge in [0.15, 0.2) is 5.58 Å². The van der Waals surface area contributed by atoms with Crippen LogP contribution in [0.5, 0.6) is 0 Å². The third-order valence-corrected chi connectivity index (χ3v) is 3.21. The Labute approximate surface area is 135 Å². The second-order valence-corrected chi connectivity index (χ2v) is 6.34. The number of aromatic nitrogens is 1. The molecule has 122 valence electrons. The Balaban J connectivity index is 2.12. The van der Waals surface area contributed by atoms with Crippen molar-refractivity contribution >= 4 is 22.8 Å². The molecule has 0 saturated heterocycles. The van der Waals surface area contributed by atoms with Crippen molar-refractivity contribution in [3.63, 3.8) is 0 Å². The van der Waals surface area contributed by atoms with Gasteiger partial charge < -0.3 is 20.2 Å². The Morgan fingerprint density at radius 1 is 1.48 bits per heavy atom. The lowest BCUT2D eigenvalue weighted by molar-refractivity contribution is 0.225. The van der Waals surface area contributed by atoms with E-state index in [9.17, 15) is 4.79 Å². The molecule has 6 nitrogen and oxygen atoms in total. The number of benzene rings is 1. The fourth-order valence-electron chi connectivity index (χ4n) is 1.98. The number of aliphatic hydroxyl groups is 1. The van der Waals surface area contributed by atoms with Gasteiger partial charge in [0, 0.05) is 17.5 Å². The van der Waals surface area contributed by atoms with Crippen molar-refractivity contribution in [3.05, 3.63) is 24.1 Å². The Morgan fingerprint density at radius 2 is 2.22 bits per heavy atom. The number of amides is 2. The van der Waals surface area contributed by atoms with E-state index in [1.54, 1.807) is 18.2 Å². The number of carbonyl (C=O) groups excluding carboxylic acids is 1. The number of rotatable bonds is 4. The fourth-order valence-corrected chi connectivity index (χ4v) is 1.98. The van der Waals surface area contributed by atoms with Crippen LogP contribution in [0.1, 0.15) is 33.1 Å². The summed E-state index contributed by atoms with van der Waals surface area (Å²) in [5.41, 5.74) is 1.74. The number of anilines is 1. The summed E-state index contributed by atoms with van der Waals surface area (Å²) in [6.07, 6.45) is 5.45. The third-order valence-electron chi connectivity index (χ3n) is 3.21. The van der Waals surface area contributed by atoms with Crippen molar-refractivity contribution < 1.29 is 14.3 Å². The van der Waals surface area contributed by atoms with Crippen LogP contribution in [0.4, 0.5) is 10.5 Å². The molecule has 0 aliphatic carbocycles. The number of aliphatic hydroxyl groups excluding tert-OH is 1. The molecule has 3 N–H and O–H groups in total. The normalized spacial score (nSPS) is 12.7. The second kappa shape index (κ2) is 6.71. The highest BCUT2D eigenvalue weighted by Gasteiger charge is 2.21. The van der Waals surface area contributed by atoms with Gasteiger partial charge in [-0.05, 0) is 18.2 Å². The van der Waals surface area contributed by atoms with E-state index in [1.807, 2.05) is 20.8 Å². The van der Waals surface area contributed by atoms with Crippen molar-refractivity contribution in [2.24, 2.45) is 0 Å². The lowest BCUT2D eigenvalue weighted by atomic mass is 9.97. The molecule has 2 amide bonds. The lowest BCUT2D eigenvalue weighted by Gasteiger charge is -2.14. The van der Waals surface area contributed by atoms with Gasteiger partial charge in [-0.1, -0.05) is 20.8 Å². The van der Waals surface area contributed by atoms with E-state index in [-0.39, 0.29) is 18.4 Å². The first-order valence-electron chi connectivity index (χ1n) is 7.36. The maximum absolute atomic E-state index is 11.9. The van der Waals surface area contributed by atoms with Crippen molar-refractivity contribution in [2.45, 2.75) is 38.6 Å². The topological polar surface area (TPSA) is 87.4 Å². The first-order valence-corrected chi connectivity index (χ1v) is 7.36. The van der Waals surface area contributed by atoms with E-state index in [4.69, 9.17) is 15.9 Å². The van der Waals surface area contributed by atoms with Crippen LogP contribution in [-0.2, 0) is 5.41 Å². The van der Waals surface area contributed by atoms with Gasteiger partial charge in [0.05, 0.1) is 12.6 Å². The molecule has 0 radical (unpaired) electrons. The molecule has 1 heterocycles. The number of fused-ring (bicyclic) bond motifs is 1. The van der Waals surface area contributed by atoms with Gasteiger partial charge in [0.25, 0.3) is 0 Å². The predicted molar refractivity (Wildman–Crippen MR) is 89.2 cm³/mol. The highest BCUT2D eigenvalue weighted by molar-refractivity contribution is 5.91. The van der Waals surface area contributed by atoms with Crippen molar-refractivity contribution in [1.29, 1.82) is 0 Å². The van der Waals surface area contributed by atoms with Crippen LogP contribution in [0.15, 0.2) is 22.6 Å². The van der Waals surface area contributed by atoms with Gasteiger partial charge in [-0.3, -0.25) is 0 Å². The van der Waals surface area contributed by atoms with Gasteiger partial charge in [-0.25, -0.2) is 9.78 Å². The number of terminal acetylenes is 1. The molecule has 0 aliphatic rings. The molecule has 0 spiro atoms. The highest BCUT2D eigenvalue weighted by atomic mass is 16.3. The lowest BCUT2D eigenvalue weighted by Crippen LogP contribution is -2.39. The molecule has 0 saturated carbocycles. The Hall–Kier alpha value is -2.52. The standard InChI is InChI=1S/C17H21N3O3/c1-5-6-12(10-21)19-16(22)18-11-7-8-14-13(9-11)20-15(23-14)17(2,3)4/h1,7-9,12,21H,6,10H2,2-4H3,(H2,18,19,22)/t12-/m0/s1. The maximum atomic E-state index is 11.9. The zero-order valence-electron chi connectivity index (χ0n) is 13.5. The van der Waals surface area contributed by atoms with Crippen molar-refractivity contribution in [2.75, 3.05) is 11.9 Å². The SMILES string of the molecule is C#CC[C@@H](CO)NC(=O)Nc1ccc2oc(C(C)(C)C)nc2c1. The minimum absolute atomic E-state index is 0.187. The summed E-state index contributed by atoms with van der Waals surface area (Å²) in [6, 6.07) is 4.33. The van der Waals surface area contributed by atoms with Crippen LogP contribution in [-0.4, -0.2) is 28.8 Å². The zero-order valence-corrected chi connectivity index (χ0v) is 13.5. The van der Waals surface area contributed by atoms with Crippen molar-refractivity contribution in [1.82, 2.24) is 10.3 Å². The van der Waals surface area contributed by atoms with E-state index in [1.165, 1.54) is 0 Å². The number of carbonyl (C=O) groups is 1. The summed E-state index contributed by atoms with van der Waals surface area (Å²) >= 11 is 0. The first kappa shape index (κ1) is 16.8. The third kappa shape index (κ3) is 4.24. The van der Waals surface area contributed by atoms with E-state index >= 15 is 0 Å². The monoisotopic (exact) mass is 315 g/mol. The Kier molecular flexibility index (Phi) is 4.92. The number of nitrogens with one attached hydrogen (secondary N) is 2. The molecular formula is C17H21N3O3. The molecule has 1 aromatic heterocycles. The van der Waals surface area contributed by atoms with Gasteiger partial charge >= 0.3 is 6.03 Å². The van der Waals surface area contributed by atoms with Gasteiger partial charge in [-0.15, -0.1) is 12.3 Å². The summed E-state index contributed by atoms with van der Waals surface area (Å²) in [6.45, 7) is 5.84. The average Bonchev–Trinajstić information content (AvgIpc) is 2.90. The van der Waals surface area contributed by atoms with Gasteiger partial charge in [-0.2, -0.15) is 0 Å². The molecule has 23 heavy (non-hydrogen) atoms.